The molecule has 0 spiro atoms. The molecule has 0 unspecified atom stereocenters. The molecule has 0 aliphatic carbocycles. The van der Waals surface area contributed by atoms with Gasteiger partial charge in [0.1, 0.15) is 5.75 Å². The number of methoxy groups -OCH3 is 1. The van der Waals surface area contributed by atoms with Gasteiger partial charge < -0.3 is 9.64 Å². The molecule has 0 atom stereocenters. The highest BCUT2D eigenvalue weighted by molar-refractivity contribution is 6.05. The number of aromatic nitrogens is 1. The molecule has 0 aliphatic rings. The second-order valence-electron chi connectivity index (χ2n) is 5.86. The molecule has 0 saturated heterocycles. The van der Waals surface area contributed by atoms with Crippen LogP contribution in [0.1, 0.15) is 21.5 Å². The summed E-state index contributed by atoms with van der Waals surface area (Å²) < 4.78 is 5.41. The molecule has 1 amide bonds. The Morgan fingerprint density at radius 2 is 1.96 bits per heavy atom. The molecule has 4 nitrogen and oxygen atoms in total. The first-order valence-corrected chi connectivity index (χ1v) is 7.83. The van der Waals surface area contributed by atoms with Gasteiger partial charge in [0, 0.05) is 30.7 Å². The van der Waals surface area contributed by atoms with Crippen molar-refractivity contribution < 1.29 is 9.53 Å². The van der Waals surface area contributed by atoms with E-state index in [9.17, 15) is 4.79 Å². The third-order valence-electron chi connectivity index (χ3n) is 4.05. The van der Waals surface area contributed by atoms with Crippen molar-refractivity contribution in [3.05, 3.63) is 71.4 Å². The van der Waals surface area contributed by atoms with Crippen molar-refractivity contribution >= 4 is 16.8 Å². The number of benzene rings is 2. The maximum Gasteiger partial charge on any atom is 0.256 e. The Hall–Kier alpha value is -2.88. The predicted molar refractivity (Wildman–Crippen MR) is 95.3 cm³/mol. The normalized spacial score (nSPS) is 10.6. The lowest BCUT2D eigenvalue weighted by Gasteiger charge is -2.20. The molecular formula is C20H20N2O2. The summed E-state index contributed by atoms with van der Waals surface area (Å²) in [6.45, 7) is 2.51. The average Bonchev–Trinajstić information content (AvgIpc) is 2.61. The number of amides is 1. The van der Waals surface area contributed by atoms with Crippen molar-refractivity contribution in [2.45, 2.75) is 13.5 Å². The van der Waals surface area contributed by atoms with E-state index in [4.69, 9.17) is 4.74 Å². The van der Waals surface area contributed by atoms with Gasteiger partial charge >= 0.3 is 0 Å². The largest absolute Gasteiger partial charge is 0.496 e. The van der Waals surface area contributed by atoms with Gasteiger partial charge in [-0.25, -0.2) is 0 Å². The van der Waals surface area contributed by atoms with Gasteiger partial charge in [-0.3, -0.25) is 9.78 Å². The maximum absolute atomic E-state index is 12.9. The van der Waals surface area contributed by atoms with E-state index in [2.05, 4.69) is 4.98 Å². The van der Waals surface area contributed by atoms with Crippen LogP contribution in [0.5, 0.6) is 5.75 Å². The Balaban J connectivity index is 1.91. The monoisotopic (exact) mass is 320 g/mol. The molecule has 4 heteroatoms. The minimum Gasteiger partial charge on any atom is -0.496 e. The quantitative estimate of drug-likeness (QED) is 0.734. The number of nitrogens with zero attached hydrogens (tertiary/aromatic N) is 2. The third kappa shape index (κ3) is 3.08. The Labute approximate surface area is 141 Å². The minimum atomic E-state index is -0.0529. The Morgan fingerprint density at radius 1 is 1.17 bits per heavy atom. The molecular weight excluding hydrogens is 300 g/mol. The summed E-state index contributed by atoms with van der Waals surface area (Å²) in [5, 5.41) is 0.963. The zero-order valence-corrected chi connectivity index (χ0v) is 14.1. The Bertz CT molecular complexity index is 884. The van der Waals surface area contributed by atoms with Crippen molar-refractivity contribution in [2.75, 3.05) is 14.2 Å². The van der Waals surface area contributed by atoms with E-state index in [0.29, 0.717) is 12.1 Å². The fraction of sp³-hybridized carbons (Fsp3) is 0.200. The molecule has 1 heterocycles. The number of para-hydroxylation sites is 1. The number of carbonyl (C=O) groups excluding carboxylic acids is 1. The zero-order chi connectivity index (χ0) is 17.1. The SMILES string of the molecule is COc1ccc(C)cc1CN(C)C(=O)c1cccc2cccnc12. The van der Waals surface area contributed by atoms with Gasteiger partial charge in [0.2, 0.25) is 0 Å². The van der Waals surface area contributed by atoms with Crippen LogP contribution in [0.4, 0.5) is 0 Å². The van der Waals surface area contributed by atoms with E-state index >= 15 is 0 Å². The number of aryl methyl sites for hydroxylation is 1. The Morgan fingerprint density at radius 3 is 2.75 bits per heavy atom. The van der Waals surface area contributed by atoms with Gasteiger partial charge in [0.25, 0.3) is 5.91 Å². The van der Waals surface area contributed by atoms with Crippen LogP contribution in [0, 0.1) is 6.92 Å². The van der Waals surface area contributed by atoms with E-state index in [1.807, 2.05) is 55.5 Å². The van der Waals surface area contributed by atoms with Crippen molar-refractivity contribution in [3.63, 3.8) is 0 Å². The summed E-state index contributed by atoms with van der Waals surface area (Å²) in [6.07, 6.45) is 1.71. The molecule has 0 saturated carbocycles. The highest BCUT2D eigenvalue weighted by Crippen LogP contribution is 2.23. The second kappa shape index (κ2) is 6.71. The summed E-state index contributed by atoms with van der Waals surface area (Å²) in [5.41, 5.74) is 3.47. The lowest BCUT2D eigenvalue weighted by Crippen LogP contribution is -2.26. The van der Waals surface area contributed by atoms with Crippen molar-refractivity contribution in [3.8, 4) is 5.75 Å². The first-order chi connectivity index (χ1) is 11.6. The summed E-state index contributed by atoms with van der Waals surface area (Å²) in [5.74, 6) is 0.735. The van der Waals surface area contributed by atoms with Crippen LogP contribution in [-0.2, 0) is 6.54 Å². The van der Waals surface area contributed by atoms with Crippen LogP contribution in [0.3, 0.4) is 0 Å². The highest BCUT2D eigenvalue weighted by atomic mass is 16.5. The lowest BCUT2D eigenvalue weighted by molar-refractivity contribution is 0.0786. The lowest BCUT2D eigenvalue weighted by atomic mass is 10.1. The van der Waals surface area contributed by atoms with E-state index in [0.717, 1.165) is 27.8 Å². The van der Waals surface area contributed by atoms with E-state index in [-0.39, 0.29) is 5.91 Å². The number of pyridine rings is 1. The fourth-order valence-corrected chi connectivity index (χ4v) is 2.84. The van der Waals surface area contributed by atoms with Crippen LogP contribution in [-0.4, -0.2) is 29.9 Å². The van der Waals surface area contributed by atoms with Gasteiger partial charge in [0.15, 0.2) is 0 Å². The first-order valence-electron chi connectivity index (χ1n) is 7.83. The second-order valence-corrected chi connectivity index (χ2v) is 5.86. The fourth-order valence-electron chi connectivity index (χ4n) is 2.84. The topological polar surface area (TPSA) is 42.4 Å². The molecule has 0 fully saturated rings. The average molecular weight is 320 g/mol. The zero-order valence-electron chi connectivity index (χ0n) is 14.1. The van der Waals surface area contributed by atoms with E-state index in [1.54, 1.807) is 25.3 Å². The van der Waals surface area contributed by atoms with Gasteiger partial charge in [-0.05, 0) is 25.1 Å². The smallest absolute Gasteiger partial charge is 0.256 e. The number of carbonyl (C=O) groups is 1. The van der Waals surface area contributed by atoms with E-state index in [1.165, 1.54) is 0 Å². The molecule has 3 aromatic rings. The third-order valence-corrected chi connectivity index (χ3v) is 4.05. The molecule has 0 aliphatic heterocycles. The van der Waals surface area contributed by atoms with Crippen molar-refractivity contribution in [2.24, 2.45) is 0 Å². The predicted octanol–water partition coefficient (Wildman–Crippen LogP) is 3.82. The maximum atomic E-state index is 12.9. The highest BCUT2D eigenvalue weighted by Gasteiger charge is 2.17. The van der Waals surface area contributed by atoms with E-state index < -0.39 is 0 Å². The summed E-state index contributed by atoms with van der Waals surface area (Å²) in [7, 11) is 3.44. The van der Waals surface area contributed by atoms with Crippen LogP contribution < -0.4 is 4.74 Å². The summed E-state index contributed by atoms with van der Waals surface area (Å²) in [6, 6.07) is 15.5. The van der Waals surface area contributed by atoms with Crippen LogP contribution in [0.2, 0.25) is 0 Å². The van der Waals surface area contributed by atoms with Crippen LogP contribution in [0.15, 0.2) is 54.7 Å². The van der Waals surface area contributed by atoms with Gasteiger partial charge in [-0.15, -0.1) is 0 Å². The van der Waals surface area contributed by atoms with Crippen LogP contribution in [0.25, 0.3) is 10.9 Å². The van der Waals surface area contributed by atoms with Gasteiger partial charge in [-0.1, -0.05) is 35.9 Å². The molecule has 3 rings (SSSR count). The van der Waals surface area contributed by atoms with Gasteiger partial charge in [-0.2, -0.15) is 0 Å². The number of ether oxygens (including phenoxy) is 1. The van der Waals surface area contributed by atoms with Gasteiger partial charge in [0.05, 0.1) is 18.2 Å². The molecule has 2 aromatic carbocycles. The van der Waals surface area contributed by atoms with Crippen molar-refractivity contribution in [1.29, 1.82) is 0 Å². The van der Waals surface area contributed by atoms with Crippen molar-refractivity contribution in [1.82, 2.24) is 9.88 Å². The van der Waals surface area contributed by atoms with Crippen LogP contribution >= 0.6 is 0 Å². The first kappa shape index (κ1) is 16.0. The molecule has 1 aromatic heterocycles. The molecule has 24 heavy (non-hydrogen) atoms. The number of fused-ring (bicyclic) bond motifs is 1. The standard InChI is InChI=1S/C20H20N2O2/c1-14-9-10-18(24-3)16(12-14)13-22(2)20(23)17-8-4-6-15-7-5-11-21-19(15)17/h4-12H,13H2,1-3H3. The minimum absolute atomic E-state index is 0.0529. The summed E-state index contributed by atoms with van der Waals surface area (Å²) >= 11 is 0. The molecule has 0 bridgehead atoms. The number of hydrogen-bond donors (Lipinski definition) is 0. The number of rotatable bonds is 4. The molecule has 0 radical (unpaired) electrons. The molecule has 122 valence electrons. The Kier molecular flexibility index (Phi) is 4.47. The summed E-state index contributed by atoms with van der Waals surface area (Å²) in [4.78, 5) is 19.0. The molecule has 0 N–H and O–H groups in total. The number of hydrogen-bond acceptors (Lipinski definition) is 3.